The van der Waals surface area contributed by atoms with Gasteiger partial charge in [-0.2, -0.15) is 0 Å². The minimum atomic E-state index is -0.395. The Morgan fingerprint density at radius 1 is 1.23 bits per heavy atom. The predicted octanol–water partition coefficient (Wildman–Crippen LogP) is 2.71. The minimum Gasteiger partial charge on any atom is -0.497 e. The van der Waals surface area contributed by atoms with Gasteiger partial charge >= 0.3 is 6.09 Å². The summed E-state index contributed by atoms with van der Waals surface area (Å²) in [5.41, 5.74) is 0.988. The number of carbonyl (C=O) groups excluding carboxylic acids is 2. The van der Waals surface area contributed by atoms with Crippen LogP contribution in [0.4, 0.5) is 4.79 Å². The maximum atomic E-state index is 12.6. The molecule has 2 aliphatic heterocycles. The number of hydrogen-bond acceptors (Lipinski definition) is 4. The summed E-state index contributed by atoms with van der Waals surface area (Å²) in [5.74, 6) is 1.39. The van der Waals surface area contributed by atoms with Crippen LogP contribution in [0, 0.1) is 11.8 Å². The second-order valence-corrected chi connectivity index (χ2v) is 7.57. The van der Waals surface area contributed by atoms with Crippen molar-refractivity contribution in [3.63, 3.8) is 0 Å². The summed E-state index contributed by atoms with van der Waals surface area (Å²) in [6.07, 6.45) is 4.29. The number of hydrogen-bond donors (Lipinski definition) is 1. The van der Waals surface area contributed by atoms with Crippen LogP contribution in [0.25, 0.3) is 0 Å². The van der Waals surface area contributed by atoms with Crippen molar-refractivity contribution >= 4 is 12.0 Å². The molecule has 4 rings (SSSR count). The van der Waals surface area contributed by atoms with Crippen LogP contribution in [0.1, 0.15) is 37.7 Å². The van der Waals surface area contributed by atoms with Gasteiger partial charge in [-0.05, 0) is 49.8 Å². The van der Waals surface area contributed by atoms with Crippen LogP contribution < -0.4 is 10.1 Å². The van der Waals surface area contributed by atoms with Crippen LogP contribution >= 0.6 is 0 Å². The molecule has 1 aromatic carbocycles. The molecule has 0 unspecified atom stereocenters. The molecule has 26 heavy (non-hydrogen) atoms. The van der Waals surface area contributed by atoms with Gasteiger partial charge in [-0.15, -0.1) is 0 Å². The second-order valence-electron chi connectivity index (χ2n) is 7.57. The summed E-state index contributed by atoms with van der Waals surface area (Å²) in [6, 6.07) is 7.83. The highest BCUT2D eigenvalue weighted by atomic mass is 16.6. The zero-order valence-corrected chi connectivity index (χ0v) is 15.1. The Balaban J connectivity index is 1.33. The van der Waals surface area contributed by atoms with Gasteiger partial charge in [0.05, 0.1) is 7.11 Å². The van der Waals surface area contributed by atoms with E-state index in [9.17, 15) is 9.59 Å². The molecule has 1 aliphatic carbocycles. The highest BCUT2D eigenvalue weighted by Gasteiger charge is 2.52. The first kappa shape index (κ1) is 17.2. The van der Waals surface area contributed by atoms with Crippen molar-refractivity contribution in [2.45, 2.75) is 50.8 Å². The number of carbonyl (C=O) groups is 2. The van der Waals surface area contributed by atoms with E-state index in [-0.39, 0.29) is 24.0 Å². The first-order valence-corrected chi connectivity index (χ1v) is 9.53. The van der Waals surface area contributed by atoms with E-state index in [4.69, 9.17) is 9.47 Å². The molecule has 0 radical (unpaired) electrons. The van der Waals surface area contributed by atoms with E-state index in [0.29, 0.717) is 18.9 Å². The molecule has 1 saturated carbocycles. The maximum absolute atomic E-state index is 12.6. The van der Waals surface area contributed by atoms with Crippen molar-refractivity contribution in [3.05, 3.63) is 29.8 Å². The molecule has 3 aliphatic rings. The predicted molar refractivity (Wildman–Crippen MR) is 95.7 cm³/mol. The third-order valence-corrected chi connectivity index (χ3v) is 6.08. The molecular formula is C20H26N2O4. The number of ether oxygens (including phenoxy) is 2. The van der Waals surface area contributed by atoms with Crippen LogP contribution in [0.5, 0.6) is 5.75 Å². The average molecular weight is 358 g/mol. The van der Waals surface area contributed by atoms with E-state index >= 15 is 0 Å². The molecule has 3 fully saturated rings. The summed E-state index contributed by atoms with van der Waals surface area (Å²) < 4.78 is 10.9. The van der Waals surface area contributed by atoms with Gasteiger partial charge in [-0.1, -0.05) is 12.1 Å². The molecule has 4 atom stereocenters. The number of fused-ring (bicyclic) bond motifs is 4. The number of amides is 2. The molecule has 6 nitrogen and oxygen atoms in total. The van der Waals surface area contributed by atoms with Gasteiger partial charge in [-0.3, -0.25) is 4.79 Å². The summed E-state index contributed by atoms with van der Waals surface area (Å²) >= 11 is 0. The number of methoxy groups -OCH3 is 1. The lowest BCUT2D eigenvalue weighted by Crippen LogP contribution is -2.53. The molecule has 2 heterocycles. The fourth-order valence-electron chi connectivity index (χ4n) is 4.78. The monoisotopic (exact) mass is 358 g/mol. The van der Waals surface area contributed by atoms with Crippen LogP contribution in [0.15, 0.2) is 24.3 Å². The summed E-state index contributed by atoms with van der Waals surface area (Å²) in [7, 11) is 1.63. The van der Waals surface area contributed by atoms with Crippen LogP contribution in [-0.2, 0) is 16.1 Å². The van der Waals surface area contributed by atoms with Crippen molar-refractivity contribution in [2.24, 2.45) is 11.8 Å². The van der Waals surface area contributed by atoms with E-state index in [1.165, 1.54) is 0 Å². The van der Waals surface area contributed by atoms with Crippen LogP contribution in [-0.4, -0.2) is 42.7 Å². The van der Waals surface area contributed by atoms with E-state index in [1.54, 1.807) is 7.11 Å². The third kappa shape index (κ3) is 3.24. The Bertz CT molecular complexity index is 675. The van der Waals surface area contributed by atoms with Crippen LogP contribution in [0.2, 0.25) is 0 Å². The molecule has 1 N–H and O–H groups in total. The highest BCUT2D eigenvalue weighted by Crippen LogP contribution is 2.45. The number of benzene rings is 1. The fourth-order valence-corrected chi connectivity index (χ4v) is 4.78. The second kappa shape index (κ2) is 7.17. The lowest BCUT2D eigenvalue weighted by atomic mass is 9.84. The first-order chi connectivity index (χ1) is 12.7. The van der Waals surface area contributed by atoms with E-state index in [2.05, 4.69) is 10.2 Å². The van der Waals surface area contributed by atoms with E-state index in [0.717, 1.165) is 43.5 Å². The lowest BCUT2D eigenvalue weighted by molar-refractivity contribution is -0.143. The van der Waals surface area contributed by atoms with Crippen molar-refractivity contribution < 1.29 is 19.1 Å². The zero-order valence-electron chi connectivity index (χ0n) is 15.1. The number of nitrogens with one attached hydrogen (secondary N) is 1. The van der Waals surface area contributed by atoms with Crippen molar-refractivity contribution in [1.82, 2.24) is 10.2 Å². The van der Waals surface area contributed by atoms with Crippen molar-refractivity contribution in [1.29, 1.82) is 0 Å². The Labute approximate surface area is 153 Å². The lowest BCUT2D eigenvalue weighted by Gasteiger charge is -2.43. The van der Waals surface area contributed by atoms with Gasteiger partial charge in [-0.25, -0.2) is 4.79 Å². The standard InChI is InChI=1S/C20H26N2O4/c1-25-15-7-5-13(6-8-15)12-21-20(24)26-18-11-14-10-16(18)17-4-2-3-9-22(17)19(14)23/h5-8,14,16-18H,2-4,9-12H2,1H3,(H,21,24)/t14-,16-,17-,18-/m1/s1. The van der Waals surface area contributed by atoms with Gasteiger partial charge < -0.3 is 19.7 Å². The minimum absolute atomic E-state index is 0.0359. The molecule has 2 saturated heterocycles. The molecular weight excluding hydrogens is 332 g/mol. The topological polar surface area (TPSA) is 67.9 Å². The Morgan fingerprint density at radius 2 is 2.04 bits per heavy atom. The first-order valence-electron chi connectivity index (χ1n) is 9.53. The Kier molecular flexibility index (Phi) is 4.74. The maximum Gasteiger partial charge on any atom is 0.407 e. The molecule has 2 bridgehead atoms. The quantitative estimate of drug-likeness (QED) is 0.899. The summed E-state index contributed by atoms with van der Waals surface area (Å²) in [5, 5.41) is 2.83. The smallest absolute Gasteiger partial charge is 0.407 e. The molecule has 0 aromatic heterocycles. The Hall–Kier alpha value is -2.24. The normalized spacial score (nSPS) is 29.9. The molecule has 6 heteroatoms. The number of rotatable bonds is 4. The van der Waals surface area contributed by atoms with Crippen LogP contribution in [0.3, 0.4) is 0 Å². The van der Waals surface area contributed by atoms with Crippen molar-refractivity contribution in [3.8, 4) is 5.75 Å². The number of nitrogens with zero attached hydrogens (tertiary/aromatic N) is 1. The Morgan fingerprint density at radius 3 is 2.81 bits per heavy atom. The fraction of sp³-hybridized carbons (Fsp3) is 0.600. The molecule has 2 amide bonds. The van der Waals surface area contributed by atoms with Gasteiger partial charge in [0.2, 0.25) is 5.91 Å². The number of piperidine rings is 2. The summed E-state index contributed by atoms with van der Waals surface area (Å²) in [4.78, 5) is 26.9. The summed E-state index contributed by atoms with van der Waals surface area (Å²) in [6.45, 7) is 1.28. The zero-order chi connectivity index (χ0) is 18.1. The van der Waals surface area contributed by atoms with Gasteiger partial charge in [0, 0.05) is 31.0 Å². The van der Waals surface area contributed by atoms with Gasteiger partial charge in [0.1, 0.15) is 11.9 Å². The number of alkyl carbamates (subject to hydrolysis) is 1. The van der Waals surface area contributed by atoms with E-state index < -0.39 is 6.09 Å². The van der Waals surface area contributed by atoms with Gasteiger partial charge in [0.15, 0.2) is 0 Å². The SMILES string of the molecule is COc1ccc(CNC(=O)O[C@@H]2C[C@H]3C[C@@H]2[C@H]2CCCCN2C3=O)cc1. The molecule has 1 aromatic rings. The van der Waals surface area contributed by atoms with Crippen molar-refractivity contribution in [2.75, 3.05) is 13.7 Å². The highest BCUT2D eigenvalue weighted by molar-refractivity contribution is 5.81. The molecule has 140 valence electrons. The van der Waals surface area contributed by atoms with E-state index in [1.807, 2.05) is 24.3 Å². The average Bonchev–Trinajstić information content (AvgIpc) is 3.05. The molecule has 0 spiro atoms. The third-order valence-electron chi connectivity index (χ3n) is 6.08. The largest absolute Gasteiger partial charge is 0.497 e. The van der Waals surface area contributed by atoms with Gasteiger partial charge in [0.25, 0.3) is 0 Å².